The normalized spacial score (nSPS) is 18.6. The number of nitrogens with zero attached hydrogens (tertiary/aromatic N) is 3. The van der Waals surface area contributed by atoms with Crippen LogP contribution in [0.15, 0.2) is 24.4 Å². The molecule has 2 N–H and O–H groups in total. The van der Waals surface area contributed by atoms with Crippen molar-refractivity contribution in [3.63, 3.8) is 0 Å². The molecule has 5 heteroatoms. The van der Waals surface area contributed by atoms with Crippen LogP contribution in [0, 0.1) is 0 Å². The number of β-amino-alcohol motifs (C(OH)–C–C–N with tert-alkyl or cyclic N) is 1. The number of rotatable bonds is 4. The number of aromatic nitrogens is 2. The van der Waals surface area contributed by atoms with Crippen LogP contribution in [0.1, 0.15) is 13.3 Å². The van der Waals surface area contributed by atoms with E-state index in [0.717, 1.165) is 44.7 Å². The highest BCUT2D eigenvalue weighted by Crippen LogP contribution is 2.26. The fourth-order valence-corrected chi connectivity index (χ4v) is 2.83. The van der Waals surface area contributed by atoms with Gasteiger partial charge in [-0.3, -0.25) is 10.00 Å². The fraction of sp³-hybridized carbons (Fsp3) is 0.533. The smallest absolute Gasteiger partial charge is 0.0671 e. The van der Waals surface area contributed by atoms with Crippen molar-refractivity contribution in [2.75, 3.05) is 37.6 Å². The minimum atomic E-state index is -0.196. The van der Waals surface area contributed by atoms with E-state index in [0.29, 0.717) is 0 Å². The Labute approximate surface area is 119 Å². The number of H-pyrrole nitrogens is 1. The molecule has 5 nitrogen and oxygen atoms in total. The highest BCUT2D eigenvalue weighted by Gasteiger charge is 2.20. The van der Waals surface area contributed by atoms with E-state index >= 15 is 0 Å². The lowest BCUT2D eigenvalue weighted by Crippen LogP contribution is -2.48. The number of aliphatic hydroxyl groups excluding tert-OH is 1. The number of hydrogen-bond donors (Lipinski definition) is 2. The molecule has 1 aliphatic rings. The van der Waals surface area contributed by atoms with E-state index in [4.69, 9.17) is 0 Å². The quantitative estimate of drug-likeness (QED) is 0.886. The van der Waals surface area contributed by atoms with Crippen molar-refractivity contribution in [1.82, 2.24) is 15.1 Å². The largest absolute Gasteiger partial charge is 0.392 e. The van der Waals surface area contributed by atoms with E-state index in [2.05, 4.69) is 38.2 Å². The van der Waals surface area contributed by atoms with Gasteiger partial charge in [-0.25, -0.2) is 0 Å². The number of hydrogen-bond acceptors (Lipinski definition) is 4. The average Bonchev–Trinajstić information content (AvgIpc) is 2.96. The molecule has 0 unspecified atom stereocenters. The van der Waals surface area contributed by atoms with Gasteiger partial charge in [-0.2, -0.15) is 5.10 Å². The van der Waals surface area contributed by atoms with E-state index in [1.807, 2.05) is 13.1 Å². The number of benzene rings is 1. The Morgan fingerprint density at radius 2 is 2.10 bits per heavy atom. The predicted octanol–water partition coefficient (Wildman–Crippen LogP) is 1.46. The maximum atomic E-state index is 9.74. The van der Waals surface area contributed by atoms with Gasteiger partial charge in [0.05, 0.1) is 17.8 Å². The van der Waals surface area contributed by atoms with Crippen LogP contribution in [0.4, 0.5) is 5.69 Å². The standard InChI is InChI=1S/C15H22N4O/c1-2-12(20)11-18-6-8-19(9-7-18)15-5-3-4-14-13(15)10-16-17-14/h3-5,10,12,20H,2,6-9,11H2,1H3,(H,16,17)/t12-/m1/s1. The van der Waals surface area contributed by atoms with Crippen LogP contribution in [0.25, 0.3) is 10.9 Å². The zero-order chi connectivity index (χ0) is 13.9. The monoisotopic (exact) mass is 274 g/mol. The molecule has 3 rings (SSSR count). The summed E-state index contributed by atoms with van der Waals surface area (Å²) in [7, 11) is 0. The van der Waals surface area contributed by atoms with Crippen LogP contribution < -0.4 is 4.90 Å². The molecule has 2 aromatic rings. The van der Waals surface area contributed by atoms with Crippen LogP contribution in [0.3, 0.4) is 0 Å². The van der Waals surface area contributed by atoms with Crippen molar-refractivity contribution in [1.29, 1.82) is 0 Å². The van der Waals surface area contributed by atoms with E-state index in [-0.39, 0.29) is 6.10 Å². The first kappa shape index (κ1) is 13.4. The summed E-state index contributed by atoms with van der Waals surface area (Å²) >= 11 is 0. The van der Waals surface area contributed by atoms with Gasteiger partial charge in [0.25, 0.3) is 0 Å². The highest BCUT2D eigenvalue weighted by atomic mass is 16.3. The minimum Gasteiger partial charge on any atom is -0.392 e. The second-order valence-electron chi connectivity index (χ2n) is 5.46. The van der Waals surface area contributed by atoms with Crippen molar-refractivity contribution in [2.45, 2.75) is 19.4 Å². The Hall–Kier alpha value is -1.59. The molecule has 0 saturated carbocycles. The Balaban J connectivity index is 1.67. The molecule has 1 saturated heterocycles. The molecule has 0 spiro atoms. The van der Waals surface area contributed by atoms with Gasteiger partial charge in [-0.1, -0.05) is 13.0 Å². The van der Waals surface area contributed by atoms with Crippen molar-refractivity contribution in [2.24, 2.45) is 0 Å². The number of fused-ring (bicyclic) bond motifs is 1. The van der Waals surface area contributed by atoms with Crippen LogP contribution in [0.5, 0.6) is 0 Å². The molecule has 1 aliphatic heterocycles. The van der Waals surface area contributed by atoms with Gasteiger partial charge in [-0.05, 0) is 18.6 Å². The Kier molecular flexibility index (Phi) is 3.89. The number of nitrogens with one attached hydrogen (secondary N) is 1. The molecule has 1 atom stereocenters. The summed E-state index contributed by atoms with van der Waals surface area (Å²) < 4.78 is 0. The lowest BCUT2D eigenvalue weighted by atomic mass is 10.1. The summed E-state index contributed by atoms with van der Waals surface area (Å²) in [4.78, 5) is 4.76. The van der Waals surface area contributed by atoms with E-state index in [1.54, 1.807) is 0 Å². The van der Waals surface area contributed by atoms with Gasteiger partial charge in [-0.15, -0.1) is 0 Å². The van der Waals surface area contributed by atoms with Crippen molar-refractivity contribution < 1.29 is 5.11 Å². The molecule has 1 fully saturated rings. The summed E-state index contributed by atoms with van der Waals surface area (Å²) in [5, 5.41) is 18.1. The molecule has 0 bridgehead atoms. The number of piperazine rings is 1. The topological polar surface area (TPSA) is 55.4 Å². The molecule has 2 heterocycles. The third-order valence-corrected chi connectivity index (χ3v) is 4.11. The Morgan fingerprint density at radius 1 is 1.30 bits per heavy atom. The maximum Gasteiger partial charge on any atom is 0.0671 e. The van der Waals surface area contributed by atoms with Crippen LogP contribution in [0.2, 0.25) is 0 Å². The van der Waals surface area contributed by atoms with Crippen LogP contribution in [-0.2, 0) is 0 Å². The number of anilines is 1. The molecular weight excluding hydrogens is 252 g/mol. The first-order chi connectivity index (χ1) is 9.78. The van der Waals surface area contributed by atoms with Gasteiger partial charge in [0.2, 0.25) is 0 Å². The Bertz CT molecular complexity index is 560. The van der Waals surface area contributed by atoms with E-state index in [1.165, 1.54) is 11.1 Å². The fourth-order valence-electron chi connectivity index (χ4n) is 2.83. The van der Waals surface area contributed by atoms with Crippen molar-refractivity contribution in [3.05, 3.63) is 24.4 Å². The molecule has 0 aliphatic carbocycles. The van der Waals surface area contributed by atoms with Crippen LogP contribution >= 0.6 is 0 Å². The first-order valence-corrected chi connectivity index (χ1v) is 7.35. The van der Waals surface area contributed by atoms with Crippen LogP contribution in [-0.4, -0.2) is 59.0 Å². The molecule has 0 radical (unpaired) electrons. The third-order valence-electron chi connectivity index (χ3n) is 4.11. The molecule has 1 aromatic heterocycles. The SMILES string of the molecule is CC[C@@H](O)CN1CCN(c2cccc3[nH]ncc23)CC1. The van der Waals surface area contributed by atoms with Gasteiger partial charge in [0, 0.05) is 43.8 Å². The van der Waals surface area contributed by atoms with Gasteiger partial charge in [0.1, 0.15) is 0 Å². The lowest BCUT2D eigenvalue weighted by molar-refractivity contribution is 0.106. The maximum absolute atomic E-state index is 9.74. The van der Waals surface area contributed by atoms with Gasteiger partial charge >= 0.3 is 0 Å². The molecule has 1 aromatic carbocycles. The minimum absolute atomic E-state index is 0.196. The zero-order valence-electron chi connectivity index (χ0n) is 11.9. The third kappa shape index (κ3) is 2.64. The molecular formula is C15H22N4O. The second-order valence-corrected chi connectivity index (χ2v) is 5.46. The number of aromatic amines is 1. The highest BCUT2D eigenvalue weighted by molar-refractivity contribution is 5.91. The lowest BCUT2D eigenvalue weighted by Gasteiger charge is -2.37. The zero-order valence-corrected chi connectivity index (χ0v) is 11.9. The van der Waals surface area contributed by atoms with Crippen molar-refractivity contribution in [3.8, 4) is 0 Å². The summed E-state index contributed by atoms with van der Waals surface area (Å²) in [6.45, 7) is 6.83. The summed E-state index contributed by atoms with van der Waals surface area (Å²) in [6, 6.07) is 6.29. The number of aliphatic hydroxyl groups is 1. The van der Waals surface area contributed by atoms with Crippen molar-refractivity contribution >= 4 is 16.6 Å². The van der Waals surface area contributed by atoms with Gasteiger partial charge < -0.3 is 10.0 Å². The summed E-state index contributed by atoms with van der Waals surface area (Å²) in [5.41, 5.74) is 2.35. The first-order valence-electron chi connectivity index (χ1n) is 7.35. The summed E-state index contributed by atoms with van der Waals surface area (Å²) in [6.07, 6.45) is 2.53. The second kappa shape index (κ2) is 5.81. The van der Waals surface area contributed by atoms with E-state index < -0.39 is 0 Å². The van der Waals surface area contributed by atoms with Gasteiger partial charge in [0.15, 0.2) is 0 Å². The molecule has 20 heavy (non-hydrogen) atoms. The molecule has 0 amide bonds. The van der Waals surface area contributed by atoms with E-state index in [9.17, 15) is 5.11 Å². The average molecular weight is 274 g/mol. The summed E-state index contributed by atoms with van der Waals surface area (Å²) in [5.74, 6) is 0. The predicted molar refractivity (Wildman–Crippen MR) is 81.0 cm³/mol. The molecule has 108 valence electrons. The Morgan fingerprint density at radius 3 is 2.85 bits per heavy atom.